The van der Waals surface area contributed by atoms with Crippen molar-refractivity contribution in [1.29, 1.82) is 0 Å². The van der Waals surface area contributed by atoms with E-state index in [-0.39, 0.29) is 152 Å². The number of nitrogens with one attached hydrogen (secondary N) is 12. The van der Waals surface area contributed by atoms with Gasteiger partial charge in [-0.3, -0.25) is 82.7 Å². The van der Waals surface area contributed by atoms with Gasteiger partial charge in [0.2, 0.25) is 65.0 Å². The highest BCUT2D eigenvalue weighted by Crippen LogP contribution is 2.21. The molecule has 650 valence electrons. The quantitative estimate of drug-likeness (QED) is 0.0166. The van der Waals surface area contributed by atoms with Gasteiger partial charge in [0.1, 0.15) is 66.5 Å². The average molecular weight is 1640 g/mol. The fourth-order valence-electron chi connectivity index (χ4n) is 11.8. The maximum absolute atomic E-state index is 15.1. The number of rotatable bonds is 54. The predicted octanol–water partition coefficient (Wildman–Crippen LogP) is -6.94. The number of carbonyl (C=O) groups excluding carboxylic acids is 11. The van der Waals surface area contributed by atoms with Gasteiger partial charge >= 0.3 is 5.97 Å². The van der Waals surface area contributed by atoms with Crippen LogP contribution in [0.2, 0.25) is 0 Å². The molecule has 2 rings (SSSR count). The number of aromatic amines is 1. The zero-order valence-electron chi connectivity index (χ0n) is 68.2. The number of carbonyl (C=O) groups is 12. The summed E-state index contributed by atoms with van der Waals surface area (Å²) in [5, 5.41) is 40.3. The van der Waals surface area contributed by atoms with Crippen molar-refractivity contribution >= 4 is 118 Å². The Bertz CT molecular complexity index is 3740. The van der Waals surface area contributed by atoms with Crippen LogP contribution in [0.3, 0.4) is 0 Å². The Morgan fingerprint density at radius 1 is 0.319 bits per heavy atom. The Morgan fingerprint density at radius 3 is 0.853 bits per heavy atom. The topological polar surface area (TPSA) is 786 Å². The van der Waals surface area contributed by atoms with Crippen LogP contribution >= 0.6 is 0 Å². The van der Waals surface area contributed by atoms with E-state index in [2.05, 4.69) is 93.4 Å². The first kappa shape index (κ1) is 100. The molecule has 0 aliphatic heterocycles. The summed E-state index contributed by atoms with van der Waals surface area (Å²) in [6, 6.07) is -9.50. The van der Waals surface area contributed by atoms with Crippen LogP contribution in [-0.4, -0.2) is 229 Å². The van der Waals surface area contributed by atoms with Gasteiger partial charge in [-0.05, 0) is 118 Å². The number of aliphatic carboxylic acids is 1. The number of para-hydroxylation sites is 1. The molecule has 0 aliphatic rings. The molecule has 0 fully saturated rings. The lowest BCUT2D eigenvalue weighted by atomic mass is 9.97. The van der Waals surface area contributed by atoms with E-state index in [9.17, 15) is 53.1 Å². The third-order valence-corrected chi connectivity index (χ3v) is 18.1. The monoisotopic (exact) mass is 1640 g/mol. The molecule has 0 radical (unpaired) electrons. The molecule has 1 heterocycles. The van der Waals surface area contributed by atoms with Crippen LogP contribution in [0, 0.1) is 29.6 Å². The number of nitrogens with zero attached hydrogens (tertiary/aromatic N) is 6. The molecule has 116 heavy (non-hydrogen) atoms. The molecule has 12 atom stereocenters. The number of hydrogen-bond donors (Lipinski definition) is 26. The maximum atomic E-state index is 15.1. The number of aromatic nitrogens is 1. The molecule has 44 nitrogen and oxygen atoms in total. The number of aliphatic imine (C=N–C) groups is 6. The minimum Gasteiger partial charge on any atom is -0.480 e. The molecule has 0 bridgehead atoms. The summed E-state index contributed by atoms with van der Waals surface area (Å²) in [6.45, 7) is 16.5. The summed E-state index contributed by atoms with van der Waals surface area (Å²) in [7, 11) is 0. The predicted molar refractivity (Wildman–Crippen MR) is 443 cm³/mol. The number of H-pyrrole nitrogens is 1. The van der Waals surface area contributed by atoms with Crippen LogP contribution < -0.4 is 133 Å². The van der Waals surface area contributed by atoms with Gasteiger partial charge in [0.25, 0.3) is 0 Å². The van der Waals surface area contributed by atoms with Gasteiger partial charge in [0.05, 0.1) is 6.04 Å². The zero-order valence-corrected chi connectivity index (χ0v) is 68.2. The van der Waals surface area contributed by atoms with Crippen molar-refractivity contribution < 1.29 is 62.6 Å². The van der Waals surface area contributed by atoms with Crippen LogP contribution in [0.5, 0.6) is 0 Å². The van der Waals surface area contributed by atoms with Gasteiger partial charge in [-0.2, -0.15) is 0 Å². The van der Waals surface area contributed by atoms with Crippen molar-refractivity contribution in [2.24, 2.45) is 134 Å². The molecule has 1 aromatic carbocycles. The highest BCUT2D eigenvalue weighted by Gasteiger charge is 2.39. The van der Waals surface area contributed by atoms with E-state index in [1.165, 1.54) is 0 Å². The number of carboxylic acids is 1. The summed E-state index contributed by atoms with van der Waals surface area (Å²) in [4.78, 5) is 199. The molecule has 2 aromatic rings. The van der Waals surface area contributed by atoms with Gasteiger partial charge in [0, 0.05) is 62.8 Å². The first-order valence-electron chi connectivity index (χ1n) is 38.7. The Hall–Kier alpha value is -12.0. The number of carboxylic acid groups (broad SMARTS) is 1. The Balaban J connectivity index is 2.67. The summed E-state index contributed by atoms with van der Waals surface area (Å²) < 4.78 is 0. The van der Waals surface area contributed by atoms with Crippen LogP contribution in [-0.2, 0) is 64.0 Å². The number of fused-ring (bicyclic) bond motifs is 1. The average Bonchev–Trinajstić information content (AvgIpc) is 1.44. The SMILES string of the molecule is CC(C)[C@H](NC(=O)[C@H](Cc1c[nH]c2ccccc12)NC(=O)[C@H](CCCN=C(N)N)NC(=O)[C@H](CCCN=C(N)N)NC(=O)[C@@H](NC(=O)[C@@H](NC(=O)[C@H](CCCN=C(N)N)NC(=O)[C@@H](NC(=O)[C@@H](NC(=O)[C@@H](N)CCCN=C(N)N)C(C)C)C(C)C)C(C)C)C(C)C)C(=O)N[C@@H](CCCN=C(N)N)C(=O)N[C@@H](CCCN=C(N)N)C(=O)O. The molecule has 39 N–H and O–H groups in total. The van der Waals surface area contributed by atoms with Crippen molar-refractivity contribution in [1.82, 2.24) is 63.5 Å². The number of guanidine groups is 6. The molecule has 1 aromatic heterocycles. The zero-order chi connectivity index (χ0) is 87.6. The molecule has 11 amide bonds. The van der Waals surface area contributed by atoms with Crippen molar-refractivity contribution in [2.45, 2.75) is 225 Å². The van der Waals surface area contributed by atoms with Crippen molar-refractivity contribution in [3.8, 4) is 0 Å². The lowest BCUT2D eigenvalue weighted by Crippen LogP contribution is -2.62. The number of benzene rings is 1. The smallest absolute Gasteiger partial charge is 0.326 e. The van der Waals surface area contributed by atoms with E-state index in [1.807, 2.05) is 0 Å². The first-order chi connectivity index (χ1) is 54.4. The highest BCUT2D eigenvalue weighted by molar-refractivity contribution is 6.00. The minimum atomic E-state index is -1.54. The number of amides is 11. The van der Waals surface area contributed by atoms with Crippen LogP contribution in [0.4, 0.5) is 0 Å². The normalized spacial score (nSPS) is 14.3. The molecular formula is C72H129N31O13. The molecule has 44 heteroatoms. The van der Waals surface area contributed by atoms with Crippen LogP contribution in [0.25, 0.3) is 10.9 Å². The third kappa shape index (κ3) is 37.7. The molecule has 0 unspecified atom stereocenters. The summed E-state index contributed by atoms with van der Waals surface area (Å²) in [5.74, 6) is -15.4. The van der Waals surface area contributed by atoms with E-state index >= 15 is 9.59 Å². The van der Waals surface area contributed by atoms with Gasteiger partial charge in [-0.25, -0.2) is 4.79 Å². The lowest BCUT2D eigenvalue weighted by molar-refractivity contribution is -0.142. The molecule has 0 aliphatic carbocycles. The molecular weight excluding hydrogens is 1510 g/mol. The molecule has 0 spiro atoms. The van der Waals surface area contributed by atoms with E-state index in [0.717, 1.165) is 0 Å². The first-order valence-corrected chi connectivity index (χ1v) is 38.7. The standard InChI is InChI=1S/C72H129N31O13/c1-35(2)50(61(110)95-46(24-16-30-89-70(80)81)57(106)97-48(66(115)116)26-18-32-91-72(84)85)101-60(109)49(33-40-34-92-43-21-12-11-19-41(40)43)98-58(107)44(22-14-28-87-68(76)77)93-56(105)45(23-15-29-88-69(78)79)94-62(111)51(36(3)4)103-65(114)54(39(9)10)100-59(108)47(25-17-31-90-71(82)83)96-63(112)52(37(5)6)102-64(113)53(38(7)8)99-55(104)42(73)20-13-27-86-67(74)75/h11-12,19,21,34-39,42,44-54,92H,13-18,20,22-33,73H2,1-10H3,(H,93,105)(H,94,111)(H,95,110)(H,96,112)(H,97,106)(H,98,107)(H,99,104)(H,100,108)(H,101,109)(H,102,113)(H,103,114)(H,115,116)(H4,74,75,86)(H4,76,77,87)(H4,78,79,88)(H4,80,81,89)(H4,82,83,90)(H4,84,85,91)/t42-,44-,45-,46-,47-,48-,49-,50-,51-,52-,53-,54-/m0/s1. The summed E-state index contributed by atoms with van der Waals surface area (Å²) in [5.41, 5.74) is 73.9. The van der Waals surface area contributed by atoms with Gasteiger partial charge in [-0.15, -0.1) is 0 Å². The van der Waals surface area contributed by atoms with Crippen molar-refractivity contribution in [2.75, 3.05) is 39.3 Å². The summed E-state index contributed by atoms with van der Waals surface area (Å²) in [6.07, 6.45) is 1.73. The van der Waals surface area contributed by atoms with E-state index < -0.39 is 173 Å². The lowest BCUT2D eigenvalue weighted by Gasteiger charge is -2.31. The second-order valence-corrected chi connectivity index (χ2v) is 29.7. The van der Waals surface area contributed by atoms with Gasteiger partial charge < -0.3 is 143 Å². The van der Waals surface area contributed by atoms with E-state index in [0.29, 0.717) is 22.9 Å². The van der Waals surface area contributed by atoms with E-state index in [1.54, 1.807) is 99.7 Å². The van der Waals surface area contributed by atoms with Gasteiger partial charge in [0.15, 0.2) is 35.8 Å². The Morgan fingerprint density at radius 2 is 0.552 bits per heavy atom. The highest BCUT2D eigenvalue weighted by atomic mass is 16.4. The molecule has 0 saturated heterocycles. The summed E-state index contributed by atoms with van der Waals surface area (Å²) >= 11 is 0. The third-order valence-electron chi connectivity index (χ3n) is 18.1. The van der Waals surface area contributed by atoms with Crippen LogP contribution in [0.1, 0.15) is 152 Å². The maximum Gasteiger partial charge on any atom is 0.326 e. The fourth-order valence-corrected chi connectivity index (χ4v) is 11.8. The largest absolute Gasteiger partial charge is 0.480 e. The fraction of sp³-hybridized carbons (Fsp3) is 0.639. The Labute approximate surface area is 675 Å². The Kier molecular flexibility index (Phi) is 44.6. The van der Waals surface area contributed by atoms with Gasteiger partial charge in [-0.1, -0.05) is 87.4 Å². The van der Waals surface area contributed by atoms with Crippen molar-refractivity contribution in [3.05, 3.63) is 36.0 Å². The van der Waals surface area contributed by atoms with Crippen molar-refractivity contribution in [3.63, 3.8) is 0 Å². The molecule has 0 saturated carbocycles. The number of nitrogens with two attached hydrogens (primary N) is 13. The second-order valence-electron chi connectivity index (χ2n) is 29.7. The van der Waals surface area contributed by atoms with E-state index in [4.69, 9.17) is 74.5 Å². The van der Waals surface area contributed by atoms with Crippen LogP contribution in [0.15, 0.2) is 60.4 Å². The minimum absolute atomic E-state index is 0.0125. The second kappa shape index (κ2) is 51.7. The number of hydrogen-bond acceptors (Lipinski definition) is 19.